The molecule has 248 valence electrons. The first kappa shape index (κ1) is 30.8. The molecule has 0 N–H and O–H groups in total. The first-order chi connectivity index (χ1) is 24.3. The second-order valence-corrected chi connectivity index (χ2v) is 16.1. The summed E-state index contributed by atoms with van der Waals surface area (Å²) in [4.78, 5) is 2.54. The number of hydrogen-bond acceptors (Lipinski definition) is 1. The molecule has 51 heavy (non-hydrogen) atoms. The van der Waals surface area contributed by atoms with Gasteiger partial charge in [-0.2, -0.15) is 13.2 Å². The molecule has 0 aliphatic carbocycles. The van der Waals surface area contributed by atoms with E-state index in [9.17, 15) is 13.2 Å². The largest absolute Gasteiger partial charge is 0.416 e. The predicted octanol–water partition coefficient (Wildman–Crippen LogP) is 7.40. The van der Waals surface area contributed by atoms with Gasteiger partial charge in [-0.3, -0.25) is 0 Å². The third-order valence-corrected chi connectivity index (χ3v) is 12.6. The number of hydrogen-bond donors (Lipinski definition) is 0. The van der Waals surface area contributed by atoms with Crippen LogP contribution in [0.5, 0.6) is 0 Å². The average Bonchev–Trinajstić information content (AvgIpc) is 3.10. The van der Waals surface area contributed by atoms with Crippen molar-refractivity contribution in [3.8, 4) is 11.1 Å². The minimum Gasteiger partial charge on any atom is -0.313 e. The summed E-state index contributed by atoms with van der Waals surface area (Å²) in [6.45, 7) is 13.8. The fourth-order valence-corrected chi connectivity index (χ4v) is 10.7. The first-order valence-electron chi connectivity index (χ1n) is 17.9. The Kier molecular flexibility index (Phi) is 5.97. The van der Waals surface area contributed by atoms with E-state index in [4.69, 9.17) is 0 Å². The van der Waals surface area contributed by atoms with E-state index < -0.39 is 11.7 Å². The summed E-state index contributed by atoms with van der Waals surface area (Å²) in [5.41, 5.74) is 19.9. The number of benzene rings is 6. The fourth-order valence-electron chi connectivity index (χ4n) is 10.7. The zero-order valence-electron chi connectivity index (χ0n) is 29.6. The molecule has 0 saturated heterocycles. The number of fused-ring (bicyclic) bond motifs is 8. The second-order valence-electron chi connectivity index (χ2n) is 16.1. The molecule has 4 heterocycles. The molecule has 1 nitrogen and oxygen atoms in total. The molecule has 0 aromatic heterocycles. The van der Waals surface area contributed by atoms with E-state index in [0.29, 0.717) is 0 Å². The van der Waals surface area contributed by atoms with Crippen LogP contribution in [0.4, 0.5) is 30.2 Å². The summed E-state index contributed by atoms with van der Waals surface area (Å²) >= 11 is 0. The van der Waals surface area contributed by atoms with Crippen molar-refractivity contribution in [2.24, 2.45) is 0 Å². The zero-order valence-corrected chi connectivity index (χ0v) is 29.6. The Morgan fingerprint density at radius 3 is 1.43 bits per heavy atom. The molecule has 0 bridgehead atoms. The van der Waals surface area contributed by atoms with Gasteiger partial charge in [-0.15, -0.1) is 0 Å². The van der Waals surface area contributed by atoms with Crippen molar-refractivity contribution in [1.29, 1.82) is 0 Å². The first-order valence-corrected chi connectivity index (χ1v) is 17.9. The van der Waals surface area contributed by atoms with Crippen molar-refractivity contribution in [2.75, 3.05) is 4.90 Å². The Hall–Kier alpha value is -4.96. The number of nitrogens with zero attached hydrogens (tertiary/aromatic N) is 1. The van der Waals surface area contributed by atoms with Crippen LogP contribution in [0.2, 0.25) is 0 Å². The van der Waals surface area contributed by atoms with Crippen LogP contribution in [0.3, 0.4) is 0 Å². The van der Waals surface area contributed by atoms with E-state index in [1.807, 2.05) is 0 Å². The number of aryl methyl sites for hydroxylation is 2. The summed E-state index contributed by atoms with van der Waals surface area (Å²) in [5.74, 6) is 0. The van der Waals surface area contributed by atoms with Gasteiger partial charge >= 0.3 is 6.18 Å². The summed E-state index contributed by atoms with van der Waals surface area (Å²) in [5, 5.41) is 0. The number of anilines is 3. The lowest BCUT2D eigenvalue weighted by molar-refractivity contribution is -0.137. The highest BCUT2D eigenvalue weighted by atomic mass is 19.4. The van der Waals surface area contributed by atoms with Crippen molar-refractivity contribution in [1.82, 2.24) is 0 Å². The Balaban J connectivity index is 1.37. The van der Waals surface area contributed by atoms with Gasteiger partial charge in [0.1, 0.15) is 0 Å². The van der Waals surface area contributed by atoms with Gasteiger partial charge in [-0.1, -0.05) is 124 Å². The van der Waals surface area contributed by atoms with Crippen molar-refractivity contribution in [3.05, 3.63) is 148 Å². The van der Waals surface area contributed by atoms with E-state index in [1.165, 1.54) is 95.4 Å². The molecule has 0 unspecified atom stereocenters. The maximum absolute atomic E-state index is 13.7. The molecule has 0 atom stereocenters. The third-order valence-electron chi connectivity index (χ3n) is 12.6. The van der Waals surface area contributed by atoms with Crippen LogP contribution in [0.1, 0.15) is 66.6 Å². The van der Waals surface area contributed by atoms with Crippen molar-refractivity contribution in [3.63, 3.8) is 0 Å². The molecule has 0 saturated carbocycles. The number of rotatable bonds is 1. The molecule has 0 radical (unpaired) electrons. The van der Waals surface area contributed by atoms with Gasteiger partial charge in [0.2, 0.25) is 13.4 Å². The molecular weight excluding hydrogens is 633 g/mol. The van der Waals surface area contributed by atoms with Crippen LogP contribution >= 0.6 is 0 Å². The van der Waals surface area contributed by atoms with Gasteiger partial charge in [0.15, 0.2) is 0 Å². The molecule has 6 aromatic rings. The van der Waals surface area contributed by atoms with Crippen LogP contribution in [-0.2, 0) is 17.0 Å². The van der Waals surface area contributed by atoms with Crippen LogP contribution in [0.25, 0.3) is 11.1 Å². The quantitative estimate of drug-likeness (QED) is 0.165. The van der Waals surface area contributed by atoms with Crippen molar-refractivity contribution < 1.29 is 13.2 Å². The fraction of sp³-hybridized carbons (Fsp3) is 0.200. The smallest absolute Gasteiger partial charge is 0.313 e. The Morgan fingerprint density at radius 1 is 0.529 bits per heavy atom. The van der Waals surface area contributed by atoms with E-state index >= 15 is 0 Å². The summed E-state index contributed by atoms with van der Waals surface area (Å²) in [7, 11) is 0. The van der Waals surface area contributed by atoms with Crippen LogP contribution in [-0.4, -0.2) is 13.4 Å². The van der Waals surface area contributed by atoms with Gasteiger partial charge in [0.05, 0.1) is 5.56 Å². The lowest BCUT2D eigenvalue weighted by atomic mass is 9.26. The van der Waals surface area contributed by atoms with Crippen molar-refractivity contribution in [2.45, 2.75) is 58.5 Å². The maximum atomic E-state index is 13.7. The molecule has 10 rings (SSSR count). The predicted molar refractivity (Wildman–Crippen MR) is 207 cm³/mol. The minimum atomic E-state index is -4.39. The summed E-state index contributed by atoms with van der Waals surface area (Å²) in [6, 6.07) is 37.3. The highest BCUT2D eigenvalue weighted by Gasteiger charge is 2.52. The molecule has 4 aliphatic heterocycles. The molecule has 4 aliphatic rings. The van der Waals surface area contributed by atoms with Gasteiger partial charge in [-0.25, -0.2) is 0 Å². The second kappa shape index (κ2) is 9.88. The van der Waals surface area contributed by atoms with E-state index in [0.717, 1.165) is 11.1 Å². The molecule has 0 fully saturated rings. The van der Waals surface area contributed by atoms with Crippen LogP contribution in [0, 0.1) is 13.8 Å². The van der Waals surface area contributed by atoms with E-state index in [1.54, 1.807) is 12.1 Å². The van der Waals surface area contributed by atoms with Crippen LogP contribution in [0.15, 0.2) is 109 Å². The Labute approximate surface area is 298 Å². The molecule has 0 amide bonds. The lowest BCUT2D eigenvalue weighted by Crippen LogP contribution is -2.70. The van der Waals surface area contributed by atoms with Crippen molar-refractivity contribution >= 4 is 63.3 Å². The van der Waals surface area contributed by atoms with Gasteiger partial charge in [0.25, 0.3) is 0 Å². The molecular formula is C45H36B2F3N. The van der Waals surface area contributed by atoms with Gasteiger partial charge < -0.3 is 4.90 Å². The monoisotopic (exact) mass is 669 g/mol. The van der Waals surface area contributed by atoms with Gasteiger partial charge in [0, 0.05) is 27.9 Å². The van der Waals surface area contributed by atoms with E-state index in [2.05, 4.69) is 131 Å². The average molecular weight is 669 g/mol. The SMILES string of the molecule is Cc1ccc2c3c1C(C)(C)c1ccccc1B3c1cc(-c3ccc(C(F)(F)F)cc3)cc3c1N2c1ccc(C)c2c1B3c1ccccc1C2(C)C. The van der Waals surface area contributed by atoms with Gasteiger partial charge in [-0.05, 0) is 104 Å². The molecule has 6 aromatic carbocycles. The number of halogens is 3. The minimum absolute atomic E-state index is 0.0275. The highest BCUT2D eigenvalue weighted by molar-refractivity contribution is 7.03. The zero-order chi connectivity index (χ0) is 35.4. The van der Waals surface area contributed by atoms with Crippen LogP contribution < -0.4 is 37.7 Å². The Bertz CT molecular complexity index is 2370. The maximum Gasteiger partial charge on any atom is 0.416 e. The normalized spacial score (nSPS) is 16.5. The topological polar surface area (TPSA) is 3.24 Å². The summed E-state index contributed by atoms with van der Waals surface area (Å²) < 4.78 is 41.2. The molecule has 6 heteroatoms. The van der Waals surface area contributed by atoms with E-state index in [-0.39, 0.29) is 24.3 Å². The Morgan fingerprint density at radius 2 is 0.980 bits per heavy atom. The summed E-state index contributed by atoms with van der Waals surface area (Å²) in [6.07, 6.45) is -4.39. The third kappa shape index (κ3) is 3.86. The molecule has 0 spiro atoms. The highest BCUT2D eigenvalue weighted by Crippen LogP contribution is 2.47. The lowest BCUT2D eigenvalue weighted by Gasteiger charge is -2.51. The standard InChI is InChI=1S/C45H36B2F3N/c1-25-15-21-36-40-38(25)43(3,4)30-11-7-9-13-32(30)46(40)34-23-28(27-17-19-29(20-18-27)45(48,49)50)24-35-42(34)51(36)37-22-16-26(2)39-41(37)47(35)33-14-10-8-12-31(33)44(39,5)6/h7-24H,1-6H3. The number of alkyl halides is 3.